The van der Waals surface area contributed by atoms with Gasteiger partial charge in [-0.3, -0.25) is 0 Å². The van der Waals surface area contributed by atoms with Crippen LogP contribution in [0.5, 0.6) is 0 Å². The molecule has 0 aromatic carbocycles. The Morgan fingerprint density at radius 2 is 1.91 bits per heavy atom. The maximum absolute atomic E-state index is 5.67. The third-order valence-electron chi connectivity index (χ3n) is 2.93. The van der Waals surface area contributed by atoms with Gasteiger partial charge in [0, 0.05) is 11.8 Å². The molecule has 2 nitrogen and oxygen atoms in total. The lowest BCUT2D eigenvalue weighted by molar-refractivity contribution is 0.0610. The average Bonchev–Trinajstić information content (AvgIpc) is 2.53. The maximum Gasteiger partial charge on any atom is 0.0890 e. The molecule has 0 bridgehead atoms. The Hall–Kier alpha value is -0.0800. The van der Waals surface area contributed by atoms with Gasteiger partial charge >= 0.3 is 0 Å². The quantitative estimate of drug-likeness (QED) is 0.572. The zero-order chi connectivity index (χ0) is 7.84. The summed E-state index contributed by atoms with van der Waals surface area (Å²) in [5.41, 5.74) is 0. The van der Waals surface area contributed by atoms with E-state index >= 15 is 0 Å². The molecule has 2 fully saturated rings. The van der Waals surface area contributed by atoms with Crippen LogP contribution in [0.4, 0.5) is 0 Å². The predicted octanol–water partition coefficient (Wildman–Crippen LogP) is 1.45. The first-order chi connectivity index (χ1) is 5.33. The van der Waals surface area contributed by atoms with Crippen LogP contribution in [-0.4, -0.2) is 25.4 Å². The smallest absolute Gasteiger partial charge is 0.0890 e. The SMILES string of the molecule is CC[C@H]1COC2[C@@H](C)CO[C@@H]21. The van der Waals surface area contributed by atoms with E-state index in [2.05, 4.69) is 13.8 Å². The van der Waals surface area contributed by atoms with Gasteiger partial charge in [-0.15, -0.1) is 0 Å². The fraction of sp³-hybridized carbons (Fsp3) is 1.00. The lowest BCUT2D eigenvalue weighted by atomic mass is 9.96. The molecule has 4 atom stereocenters. The highest BCUT2D eigenvalue weighted by atomic mass is 16.6. The summed E-state index contributed by atoms with van der Waals surface area (Å²) in [4.78, 5) is 0. The summed E-state index contributed by atoms with van der Waals surface area (Å²) in [6, 6.07) is 0. The number of ether oxygens (including phenoxy) is 2. The zero-order valence-electron chi connectivity index (χ0n) is 7.25. The van der Waals surface area contributed by atoms with Gasteiger partial charge in [0.2, 0.25) is 0 Å². The van der Waals surface area contributed by atoms with Crippen molar-refractivity contribution in [1.29, 1.82) is 0 Å². The van der Waals surface area contributed by atoms with Gasteiger partial charge in [-0.25, -0.2) is 0 Å². The first kappa shape index (κ1) is 7.56. The fourth-order valence-corrected chi connectivity index (χ4v) is 2.12. The molecule has 0 radical (unpaired) electrons. The normalized spacial score (nSPS) is 49.6. The van der Waals surface area contributed by atoms with E-state index in [0.717, 1.165) is 13.2 Å². The summed E-state index contributed by atoms with van der Waals surface area (Å²) < 4.78 is 11.3. The van der Waals surface area contributed by atoms with Gasteiger partial charge in [-0.2, -0.15) is 0 Å². The summed E-state index contributed by atoms with van der Waals surface area (Å²) in [6.07, 6.45) is 2.00. The second kappa shape index (κ2) is 2.76. The van der Waals surface area contributed by atoms with E-state index in [1.54, 1.807) is 0 Å². The molecule has 0 amide bonds. The van der Waals surface area contributed by atoms with Crippen LogP contribution in [-0.2, 0) is 9.47 Å². The van der Waals surface area contributed by atoms with Gasteiger partial charge < -0.3 is 9.47 Å². The van der Waals surface area contributed by atoms with E-state index in [4.69, 9.17) is 9.47 Å². The first-order valence-corrected chi connectivity index (χ1v) is 4.56. The molecule has 2 aliphatic heterocycles. The molecular formula is C9H16O2. The highest BCUT2D eigenvalue weighted by molar-refractivity contribution is 4.91. The van der Waals surface area contributed by atoms with E-state index in [-0.39, 0.29) is 0 Å². The molecule has 2 saturated heterocycles. The van der Waals surface area contributed by atoms with E-state index < -0.39 is 0 Å². The third-order valence-corrected chi connectivity index (χ3v) is 2.93. The van der Waals surface area contributed by atoms with Crippen molar-refractivity contribution in [2.45, 2.75) is 32.5 Å². The van der Waals surface area contributed by atoms with Gasteiger partial charge in [0.25, 0.3) is 0 Å². The number of hydrogen-bond donors (Lipinski definition) is 0. The standard InChI is InChI=1S/C9H16O2/c1-3-7-5-11-8-6(2)4-10-9(7)8/h6-9H,3-5H2,1-2H3/t6-,7-,8?,9+/m0/s1. The van der Waals surface area contributed by atoms with Crippen LogP contribution in [0.1, 0.15) is 20.3 Å². The fourth-order valence-electron chi connectivity index (χ4n) is 2.12. The molecule has 0 spiro atoms. The van der Waals surface area contributed by atoms with Crippen molar-refractivity contribution in [2.24, 2.45) is 11.8 Å². The highest BCUT2D eigenvalue weighted by Crippen LogP contribution is 2.35. The molecular weight excluding hydrogens is 140 g/mol. The molecule has 2 aliphatic rings. The molecule has 0 saturated carbocycles. The van der Waals surface area contributed by atoms with Crippen molar-refractivity contribution in [3.63, 3.8) is 0 Å². The van der Waals surface area contributed by atoms with E-state index in [1.807, 2.05) is 0 Å². The molecule has 0 aromatic rings. The third kappa shape index (κ3) is 1.09. The lowest BCUT2D eigenvalue weighted by Gasteiger charge is -2.13. The Labute approximate surface area is 67.9 Å². The second-order valence-corrected chi connectivity index (χ2v) is 3.74. The summed E-state index contributed by atoms with van der Waals surface area (Å²) in [5, 5.41) is 0. The highest BCUT2D eigenvalue weighted by Gasteiger charge is 2.44. The van der Waals surface area contributed by atoms with Crippen LogP contribution in [0.25, 0.3) is 0 Å². The molecule has 0 N–H and O–H groups in total. The number of fused-ring (bicyclic) bond motifs is 1. The molecule has 2 rings (SSSR count). The first-order valence-electron chi connectivity index (χ1n) is 4.56. The Morgan fingerprint density at radius 3 is 2.64 bits per heavy atom. The number of hydrogen-bond acceptors (Lipinski definition) is 2. The second-order valence-electron chi connectivity index (χ2n) is 3.74. The van der Waals surface area contributed by atoms with Crippen LogP contribution >= 0.6 is 0 Å². The molecule has 64 valence electrons. The van der Waals surface area contributed by atoms with Crippen molar-refractivity contribution in [2.75, 3.05) is 13.2 Å². The van der Waals surface area contributed by atoms with Crippen LogP contribution in [0.3, 0.4) is 0 Å². The molecule has 0 aromatic heterocycles. The summed E-state index contributed by atoms with van der Waals surface area (Å²) in [7, 11) is 0. The summed E-state index contributed by atoms with van der Waals surface area (Å²) >= 11 is 0. The Kier molecular flexibility index (Phi) is 1.90. The van der Waals surface area contributed by atoms with Crippen molar-refractivity contribution in [3.8, 4) is 0 Å². The lowest BCUT2D eigenvalue weighted by Crippen LogP contribution is -2.24. The Balaban J connectivity index is 2.04. The monoisotopic (exact) mass is 156 g/mol. The molecule has 11 heavy (non-hydrogen) atoms. The molecule has 0 aliphatic carbocycles. The molecule has 2 heterocycles. The van der Waals surface area contributed by atoms with Crippen LogP contribution in [0.2, 0.25) is 0 Å². The zero-order valence-corrected chi connectivity index (χ0v) is 7.25. The topological polar surface area (TPSA) is 18.5 Å². The molecule has 1 unspecified atom stereocenters. The Bertz CT molecular complexity index is 146. The van der Waals surface area contributed by atoms with Crippen molar-refractivity contribution < 1.29 is 9.47 Å². The van der Waals surface area contributed by atoms with Gasteiger partial charge in [-0.1, -0.05) is 13.8 Å². The van der Waals surface area contributed by atoms with E-state index in [1.165, 1.54) is 6.42 Å². The van der Waals surface area contributed by atoms with Crippen LogP contribution in [0.15, 0.2) is 0 Å². The summed E-state index contributed by atoms with van der Waals surface area (Å²) in [6.45, 7) is 6.23. The maximum atomic E-state index is 5.67. The van der Waals surface area contributed by atoms with Crippen LogP contribution < -0.4 is 0 Å². The summed E-state index contributed by atoms with van der Waals surface area (Å²) in [5.74, 6) is 1.27. The predicted molar refractivity (Wildman–Crippen MR) is 42.4 cm³/mol. The average molecular weight is 156 g/mol. The van der Waals surface area contributed by atoms with Crippen molar-refractivity contribution in [3.05, 3.63) is 0 Å². The minimum Gasteiger partial charge on any atom is -0.375 e. The van der Waals surface area contributed by atoms with Gasteiger partial charge in [-0.05, 0) is 6.42 Å². The van der Waals surface area contributed by atoms with Gasteiger partial charge in [0.1, 0.15) is 0 Å². The van der Waals surface area contributed by atoms with Gasteiger partial charge in [0.15, 0.2) is 0 Å². The van der Waals surface area contributed by atoms with Crippen molar-refractivity contribution in [1.82, 2.24) is 0 Å². The van der Waals surface area contributed by atoms with E-state index in [0.29, 0.717) is 24.0 Å². The minimum absolute atomic E-state index is 0.403. The van der Waals surface area contributed by atoms with Gasteiger partial charge in [0.05, 0.1) is 25.4 Å². The Morgan fingerprint density at radius 1 is 1.18 bits per heavy atom. The largest absolute Gasteiger partial charge is 0.375 e. The van der Waals surface area contributed by atoms with Crippen molar-refractivity contribution >= 4 is 0 Å². The van der Waals surface area contributed by atoms with Crippen LogP contribution in [0, 0.1) is 11.8 Å². The number of rotatable bonds is 1. The minimum atomic E-state index is 0.403. The van der Waals surface area contributed by atoms with E-state index in [9.17, 15) is 0 Å². The molecule has 2 heteroatoms.